The summed E-state index contributed by atoms with van der Waals surface area (Å²) in [6, 6.07) is 6.72. The molecule has 5 heterocycles. The molecule has 0 aromatic heterocycles. The van der Waals surface area contributed by atoms with Crippen LogP contribution in [0.4, 0.5) is 0 Å². The normalized spacial score (nSPS) is 49.7. The zero-order chi connectivity index (χ0) is 73.7. The van der Waals surface area contributed by atoms with Crippen molar-refractivity contribution in [2.45, 2.75) is 279 Å². The zero-order valence-electron chi connectivity index (χ0n) is 58.0. The fourth-order valence-electron chi connectivity index (χ4n) is 19.0. The van der Waals surface area contributed by atoms with Gasteiger partial charge in [0.25, 0.3) is 0 Å². The van der Waals surface area contributed by atoms with Gasteiger partial charge >= 0.3 is 17.9 Å². The molecule has 9 fully saturated rings. The highest BCUT2D eigenvalue weighted by Crippen LogP contribution is 2.76. The van der Waals surface area contributed by atoms with Crippen LogP contribution in [-0.2, 0) is 71.3 Å². The molecule has 35 atom stereocenters. The Hall–Kier alpha value is -4.34. The Morgan fingerprint density at radius 2 is 1.13 bits per heavy atom. The van der Waals surface area contributed by atoms with Gasteiger partial charge in [0.1, 0.15) is 109 Å². The van der Waals surface area contributed by atoms with Crippen LogP contribution in [0.3, 0.4) is 0 Å². The van der Waals surface area contributed by atoms with Crippen LogP contribution in [0.15, 0.2) is 42.0 Å². The summed E-state index contributed by atoms with van der Waals surface area (Å²) < 4.78 is 72.2. The van der Waals surface area contributed by atoms with Crippen LogP contribution < -0.4 is 4.74 Å². The highest BCUT2D eigenvalue weighted by Gasteiger charge is 2.73. The lowest BCUT2D eigenvalue weighted by Crippen LogP contribution is -2.69. The number of carboxylic acids is 1. The number of benzene rings is 1. The minimum Gasteiger partial charge on any atom is -0.497 e. The fraction of sp³-hybridized carbons (Fsp3) is 0.800. The number of methoxy groups -OCH3 is 1. The molecule has 4 saturated carbocycles. The van der Waals surface area contributed by atoms with Crippen LogP contribution in [0.2, 0.25) is 0 Å². The van der Waals surface area contributed by atoms with Gasteiger partial charge in [-0.2, -0.15) is 0 Å². The van der Waals surface area contributed by atoms with Gasteiger partial charge in [0.05, 0.1) is 50.2 Å². The first-order valence-electron chi connectivity index (χ1n) is 34.9. The third kappa shape index (κ3) is 13.6. The molecule has 0 amide bonds. The Balaban J connectivity index is 0.884. The highest BCUT2D eigenvalue weighted by atomic mass is 16.8. The second kappa shape index (κ2) is 29.4. The van der Waals surface area contributed by atoms with Gasteiger partial charge in [-0.1, -0.05) is 65.3 Å². The molecule has 11 rings (SSSR count). The molecule has 1 aromatic rings. The number of aliphatic hydroxyl groups is 14. The first kappa shape index (κ1) is 77.8. The van der Waals surface area contributed by atoms with Crippen molar-refractivity contribution in [2.75, 3.05) is 20.3 Å². The van der Waals surface area contributed by atoms with E-state index < -0.39 is 241 Å². The summed E-state index contributed by atoms with van der Waals surface area (Å²) >= 11 is 0. The van der Waals surface area contributed by atoms with E-state index in [0.29, 0.717) is 49.8 Å². The Labute approximate surface area is 583 Å². The Bertz CT molecular complexity index is 3170. The number of carbonyl (C=O) groups is 4. The van der Waals surface area contributed by atoms with Crippen LogP contribution in [0, 0.1) is 50.2 Å². The van der Waals surface area contributed by atoms with Crippen molar-refractivity contribution >= 4 is 30.3 Å². The number of carbonyl (C=O) groups excluding carboxylic acids is 3. The summed E-state index contributed by atoms with van der Waals surface area (Å²) in [7, 11) is 1.50. The van der Waals surface area contributed by atoms with Crippen molar-refractivity contribution in [3.8, 4) is 5.75 Å². The molecule has 1 aromatic carbocycles. The molecule has 10 aliphatic rings. The monoisotopic (exact) mass is 1440 g/mol. The molecule has 0 bridgehead atoms. The first-order valence-corrected chi connectivity index (χ1v) is 34.9. The second-order valence-electron chi connectivity index (χ2n) is 31.4. The molecule has 0 spiro atoms. The molecule has 568 valence electrons. The van der Waals surface area contributed by atoms with Crippen molar-refractivity contribution in [1.82, 2.24) is 0 Å². The van der Waals surface area contributed by atoms with Gasteiger partial charge < -0.3 is 138 Å². The van der Waals surface area contributed by atoms with Gasteiger partial charge in [0.2, 0.25) is 6.29 Å². The minimum absolute atomic E-state index is 0.0423. The summed E-state index contributed by atoms with van der Waals surface area (Å²) in [5.74, 6) is -4.29. The van der Waals surface area contributed by atoms with Gasteiger partial charge in [-0.25, -0.2) is 9.59 Å². The molecular weight excluding hydrogens is 1340 g/mol. The molecule has 31 nitrogen and oxygen atoms in total. The number of aldehydes is 1. The third-order valence-corrected chi connectivity index (χ3v) is 25.2. The number of carboxylic acid groups (broad SMARTS) is 1. The number of aliphatic hydroxyl groups excluding tert-OH is 14. The van der Waals surface area contributed by atoms with E-state index in [0.717, 1.165) is 17.9 Å². The smallest absolute Gasteiger partial charge is 0.335 e. The maximum absolute atomic E-state index is 16.0. The third-order valence-electron chi connectivity index (χ3n) is 25.2. The van der Waals surface area contributed by atoms with Crippen molar-refractivity contribution in [2.24, 2.45) is 50.2 Å². The summed E-state index contributed by atoms with van der Waals surface area (Å²) in [6.45, 7) is 13.5. The topological polar surface area (TPSA) is 482 Å². The number of esters is 2. The Morgan fingerprint density at radius 3 is 1.70 bits per heavy atom. The molecule has 15 N–H and O–H groups in total. The van der Waals surface area contributed by atoms with Crippen LogP contribution in [-0.4, -0.2) is 287 Å². The number of fused-ring (bicyclic) bond motifs is 7. The minimum atomic E-state index is -2.12. The van der Waals surface area contributed by atoms with E-state index in [4.69, 9.17) is 56.8 Å². The second-order valence-corrected chi connectivity index (χ2v) is 31.4. The summed E-state index contributed by atoms with van der Waals surface area (Å²) in [5, 5.41) is 166. The van der Waals surface area contributed by atoms with E-state index in [9.17, 15) is 91.0 Å². The van der Waals surface area contributed by atoms with Gasteiger partial charge in [0.15, 0.2) is 43.5 Å². The first-order chi connectivity index (χ1) is 47.5. The summed E-state index contributed by atoms with van der Waals surface area (Å²) in [6.07, 6.45) is -39.6. The quantitative estimate of drug-likeness (QED) is 0.0258. The van der Waals surface area contributed by atoms with E-state index in [2.05, 4.69) is 40.7 Å². The zero-order valence-corrected chi connectivity index (χ0v) is 58.0. The molecular formula is C70H102O31. The Kier molecular flexibility index (Phi) is 22.7. The molecule has 5 aliphatic heterocycles. The van der Waals surface area contributed by atoms with Gasteiger partial charge in [-0.15, -0.1) is 0 Å². The Morgan fingerprint density at radius 1 is 0.564 bits per heavy atom. The summed E-state index contributed by atoms with van der Waals surface area (Å²) in [5.41, 5.74) is -4.09. The largest absolute Gasteiger partial charge is 0.497 e. The SMILES string of the molecule is COc1ccc(/C=C/C(=O)O[C@H]2[C@@H](O)[C@H](O[C@@H]3O[C@@H](C)[C@H](O)[C@@H](O)[C@H]3O[C@@H]3O[C@H](CO)[C@@H](O)[C@H](O)[C@H]3O)[C@@H](OC(=O)[C@]34CCC(C)(C)CC3C3=CCC5[C@@]6(C)CC[C@H](O[C@H]7O[C@H](C(=O)O)[C@@H](O)[C@H](O)[C@H]7O[C@@H]7O[C@H](CO)[C@H](O)[C@H](O)[C@H]7O)[C@@](C)(C=O)C6CC[C@@]5(C)[C@]3(C)C[C@H]4O)O[C@H]2C)cc1. The van der Waals surface area contributed by atoms with Crippen molar-refractivity contribution in [3.05, 3.63) is 47.6 Å². The van der Waals surface area contributed by atoms with E-state index in [1.165, 1.54) is 27.0 Å². The lowest BCUT2D eigenvalue weighted by atomic mass is 9.33. The lowest BCUT2D eigenvalue weighted by molar-refractivity contribution is -0.388. The van der Waals surface area contributed by atoms with Gasteiger partial charge in [-0.05, 0) is 135 Å². The molecule has 5 aliphatic carbocycles. The molecule has 5 saturated heterocycles. The van der Waals surface area contributed by atoms with E-state index in [-0.39, 0.29) is 25.2 Å². The van der Waals surface area contributed by atoms with Crippen LogP contribution in [0.1, 0.15) is 119 Å². The molecule has 31 heteroatoms. The molecule has 101 heavy (non-hydrogen) atoms. The van der Waals surface area contributed by atoms with Crippen LogP contribution in [0.25, 0.3) is 6.08 Å². The number of allylic oxidation sites excluding steroid dienone is 2. The van der Waals surface area contributed by atoms with Crippen molar-refractivity contribution in [1.29, 1.82) is 0 Å². The van der Waals surface area contributed by atoms with Gasteiger partial charge in [-0.3, -0.25) is 4.79 Å². The number of hydrogen-bond acceptors (Lipinski definition) is 30. The maximum atomic E-state index is 16.0. The predicted octanol–water partition coefficient (Wildman–Crippen LogP) is -1.64. The predicted molar refractivity (Wildman–Crippen MR) is 341 cm³/mol. The van der Waals surface area contributed by atoms with Crippen LogP contribution in [0.5, 0.6) is 5.75 Å². The maximum Gasteiger partial charge on any atom is 0.335 e. The van der Waals surface area contributed by atoms with Crippen LogP contribution >= 0.6 is 0 Å². The number of aliphatic carboxylic acids is 1. The van der Waals surface area contributed by atoms with E-state index in [1.807, 2.05) is 0 Å². The highest BCUT2D eigenvalue weighted by molar-refractivity contribution is 5.87. The number of rotatable bonds is 18. The lowest BCUT2D eigenvalue weighted by Gasteiger charge is -2.71. The number of hydrogen-bond donors (Lipinski definition) is 15. The fourth-order valence-corrected chi connectivity index (χ4v) is 19.0. The average Bonchev–Trinajstić information content (AvgIpc) is 0.671. The van der Waals surface area contributed by atoms with E-state index in [1.54, 1.807) is 31.2 Å². The van der Waals surface area contributed by atoms with Crippen molar-refractivity contribution in [3.63, 3.8) is 0 Å². The van der Waals surface area contributed by atoms with Gasteiger partial charge in [0, 0.05) is 6.08 Å². The molecule has 3 unspecified atom stereocenters. The van der Waals surface area contributed by atoms with E-state index >= 15 is 4.79 Å². The number of ether oxygens (including phenoxy) is 12. The van der Waals surface area contributed by atoms with Crippen molar-refractivity contribution < 1.29 is 153 Å². The standard InChI is InChI=1S/C70H102O31/c1-29-42(76)47(81)55(98-59-50(84)45(79)43(77)35(26-71)93-59)61(91-29)100-57-52(86)53(96-41(75)17-12-31-10-13-32(90-9)14-11-31)30(2)92-62(57)101-64(89)70-23-22-65(3,4)24-34(70)33-15-16-38-66(5)20-19-40(67(6,28-73)37(66)18-21-68(38,7)69(33,8)25-39(70)74)95-63-56(49(83)48(82)54(97-63)58(87)88)99-60-51(85)46(80)44(78)36(27-72)94-60/h10-15,17,28-30,34-40,42-57,59-63,71-72,74,76-86H,16,18-27H2,1-9H3,(H,87,88)/b17-12+/t29-,30-,34?,35+,36+,37?,38?,39+,40-,42-,43+,44-,45-,46-,47+,48-,49-,50+,51+,52+,53+,54-,55+,56+,57-,59-,60-,61-,62+,63-,66-,67-,68+,69+,70+/m0/s1. The molecule has 0 radical (unpaired) electrons. The average molecular weight is 1440 g/mol. The summed E-state index contributed by atoms with van der Waals surface area (Å²) in [4.78, 5) is 56.3.